The Hall–Kier alpha value is -4.37. The molecule has 0 aliphatic carbocycles. The van der Waals surface area contributed by atoms with Crippen molar-refractivity contribution in [3.8, 4) is 0 Å². The van der Waals surface area contributed by atoms with Crippen LogP contribution in [0.15, 0.2) is 66.7 Å². The maximum atomic E-state index is 12.5. The molecule has 0 spiro atoms. The minimum absolute atomic E-state index is 0. The van der Waals surface area contributed by atoms with E-state index in [4.69, 9.17) is 28.0 Å². The van der Waals surface area contributed by atoms with Gasteiger partial charge >= 0.3 is 0 Å². The number of nitrogen functional groups attached to an aromatic ring is 3. The first-order valence-corrected chi connectivity index (χ1v) is 9.16. The van der Waals surface area contributed by atoms with Gasteiger partial charge in [-0.15, -0.1) is 12.4 Å². The van der Waals surface area contributed by atoms with Crippen LogP contribution in [0.25, 0.3) is 0 Å². The number of nitrogens with two attached hydrogens (primary N) is 3. The van der Waals surface area contributed by atoms with Crippen molar-refractivity contribution >= 4 is 53.0 Å². The van der Waals surface area contributed by atoms with Crippen molar-refractivity contribution in [2.75, 3.05) is 16.4 Å². The Morgan fingerprint density at radius 3 is 1.47 bits per heavy atom. The predicted molar refractivity (Wildman–Crippen MR) is 129 cm³/mol. The lowest BCUT2D eigenvalue weighted by atomic mass is 10.1. The molecule has 0 fully saturated rings. The highest BCUT2D eigenvalue weighted by Gasteiger charge is 2.14. The number of hydrogen-bond donors (Lipinski definition) is 7. The zero-order chi connectivity index (χ0) is 22.5. The monoisotopic (exact) mass is 451 g/mol. The van der Waals surface area contributed by atoms with Gasteiger partial charge in [0.2, 0.25) is 0 Å². The Labute approximate surface area is 190 Å². The summed E-state index contributed by atoms with van der Waals surface area (Å²) in [7, 11) is 0. The average molecular weight is 452 g/mol. The van der Waals surface area contributed by atoms with E-state index >= 15 is 0 Å². The molecule has 10 N–H and O–H groups in total. The smallest absolute Gasteiger partial charge is 0.257 e. The lowest BCUT2D eigenvalue weighted by Gasteiger charge is -2.10. The van der Waals surface area contributed by atoms with Crippen LogP contribution < -0.4 is 27.8 Å². The van der Waals surface area contributed by atoms with Gasteiger partial charge in [-0.25, -0.2) is 0 Å². The number of amidine groups is 2. The first-order chi connectivity index (χ1) is 14.7. The fraction of sp³-hybridized carbons (Fsp3) is 0. The van der Waals surface area contributed by atoms with Gasteiger partial charge in [-0.1, -0.05) is 0 Å². The number of anilines is 3. The van der Waals surface area contributed by atoms with E-state index in [1.165, 1.54) is 18.2 Å². The van der Waals surface area contributed by atoms with Crippen LogP contribution in [0, 0.1) is 10.8 Å². The molecule has 0 saturated heterocycles. The van der Waals surface area contributed by atoms with Gasteiger partial charge < -0.3 is 27.8 Å². The van der Waals surface area contributed by atoms with Crippen molar-refractivity contribution < 1.29 is 9.59 Å². The fourth-order valence-electron chi connectivity index (χ4n) is 2.78. The second-order valence-corrected chi connectivity index (χ2v) is 6.69. The molecule has 3 rings (SSSR count). The summed E-state index contributed by atoms with van der Waals surface area (Å²) in [6, 6.07) is 17.4. The molecule has 3 aromatic carbocycles. The highest BCUT2D eigenvalue weighted by Crippen LogP contribution is 2.19. The third kappa shape index (κ3) is 5.61. The van der Waals surface area contributed by atoms with Crippen molar-refractivity contribution in [3.63, 3.8) is 0 Å². The molecule has 0 heterocycles. The molecule has 0 atom stereocenters. The van der Waals surface area contributed by atoms with Crippen LogP contribution in [0.2, 0.25) is 0 Å². The lowest BCUT2D eigenvalue weighted by molar-refractivity contribution is 0.101. The number of carbonyl (C=O) groups excluding carboxylic acids is 2. The van der Waals surface area contributed by atoms with Crippen molar-refractivity contribution in [3.05, 3.63) is 89.0 Å². The first kappa shape index (κ1) is 23.9. The predicted octanol–water partition coefficient (Wildman–Crippen LogP) is 2.76. The topological polar surface area (TPSA) is 184 Å². The molecule has 2 amide bonds. The quantitative estimate of drug-likeness (QED) is 0.172. The van der Waals surface area contributed by atoms with Crippen molar-refractivity contribution in [1.82, 2.24) is 0 Å². The van der Waals surface area contributed by atoms with Gasteiger partial charge in [0.1, 0.15) is 11.7 Å². The number of hydrogen-bond acceptors (Lipinski definition) is 5. The minimum Gasteiger partial charge on any atom is -0.398 e. The van der Waals surface area contributed by atoms with E-state index in [-0.39, 0.29) is 40.9 Å². The molecule has 0 aliphatic heterocycles. The fourth-order valence-corrected chi connectivity index (χ4v) is 2.78. The lowest BCUT2D eigenvalue weighted by Crippen LogP contribution is -2.17. The van der Waals surface area contributed by atoms with Gasteiger partial charge in [0.15, 0.2) is 0 Å². The highest BCUT2D eigenvalue weighted by atomic mass is 35.5. The average Bonchev–Trinajstić information content (AvgIpc) is 2.74. The van der Waals surface area contributed by atoms with Crippen molar-refractivity contribution in [2.45, 2.75) is 0 Å². The molecule has 0 bridgehead atoms. The van der Waals surface area contributed by atoms with E-state index in [1.54, 1.807) is 48.5 Å². The molecular formula is C22H22ClN7O2. The van der Waals surface area contributed by atoms with Gasteiger partial charge in [-0.3, -0.25) is 20.4 Å². The van der Waals surface area contributed by atoms with Gasteiger partial charge in [0.05, 0.1) is 5.56 Å². The van der Waals surface area contributed by atoms with E-state index in [2.05, 4.69) is 10.6 Å². The normalized spacial score (nSPS) is 9.88. The van der Waals surface area contributed by atoms with Crippen LogP contribution >= 0.6 is 12.4 Å². The van der Waals surface area contributed by atoms with Crippen molar-refractivity contribution in [2.24, 2.45) is 11.5 Å². The molecule has 0 unspecified atom stereocenters. The molecule has 10 heteroatoms. The van der Waals surface area contributed by atoms with Crippen LogP contribution in [0.4, 0.5) is 17.1 Å². The van der Waals surface area contributed by atoms with Gasteiger partial charge in [0, 0.05) is 33.8 Å². The Kier molecular flexibility index (Phi) is 7.54. The van der Waals surface area contributed by atoms with E-state index in [9.17, 15) is 9.59 Å². The number of benzene rings is 3. The molecule has 0 aliphatic rings. The van der Waals surface area contributed by atoms with Gasteiger partial charge in [-0.2, -0.15) is 0 Å². The molecule has 0 aromatic heterocycles. The molecule has 9 nitrogen and oxygen atoms in total. The second-order valence-electron chi connectivity index (χ2n) is 6.69. The highest BCUT2D eigenvalue weighted by molar-refractivity contribution is 6.10. The molecular weight excluding hydrogens is 430 g/mol. The van der Waals surface area contributed by atoms with Gasteiger partial charge in [-0.05, 0) is 66.7 Å². The van der Waals surface area contributed by atoms with Crippen LogP contribution in [0.5, 0.6) is 0 Å². The summed E-state index contributed by atoms with van der Waals surface area (Å²) in [5.74, 6) is -0.950. The van der Waals surface area contributed by atoms with Crippen LogP contribution in [0.3, 0.4) is 0 Å². The van der Waals surface area contributed by atoms with E-state index in [1.807, 2.05) is 0 Å². The molecule has 32 heavy (non-hydrogen) atoms. The summed E-state index contributed by atoms with van der Waals surface area (Å²) in [5.41, 5.74) is 19.6. The number of rotatable bonds is 6. The van der Waals surface area contributed by atoms with Crippen molar-refractivity contribution in [1.29, 1.82) is 10.8 Å². The largest absolute Gasteiger partial charge is 0.398 e. The van der Waals surface area contributed by atoms with E-state index in [0.717, 1.165) is 0 Å². The maximum Gasteiger partial charge on any atom is 0.257 e. The summed E-state index contributed by atoms with van der Waals surface area (Å²) in [6.07, 6.45) is 0. The Morgan fingerprint density at radius 1 is 0.656 bits per heavy atom. The number of nitrogens with one attached hydrogen (secondary N) is 4. The summed E-state index contributed by atoms with van der Waals surface area (Å²) < 4.78 is 0. The Balaban J connectivity index is 0.00000363. The van der Waals surface area contributed by atoms with Crippen LogP contribution in [-0.2, 0) is 0 Å². The summed E-state index contributed by atoms with van der Waals surface area (Å²) >= 11 is 0. The molecule has 0 radical (unpaired) electrons. The zero-order valence-electron chi connectivity index (χ0n) is 16.8. The Bertz CT molecular complexity index is 1180. The van der Waals surface area contributed by atoms with Crippen LogP contribution in [-0.4, -0.2) is 23.5 Å². The molecule has 3 aromatic rings. The van der Waals surface area contributed by atoms with E-state index < -0.39 is 11.8 Å². The van der Waals surface area contributed by atoms with Gasteiger partial charge in [0.25, 0.3) is 11.8 Å². The van der Waals surface area contributed by atoms with E-state index in [0.29, 0.717) is 22.5 Å². The third-order valence-electron chi connectivity index (χ3n) is 4.47. The third-order valence-corrected chi connectivity index (χ3v) is 4.47. The second kappa shape index (κ2) is 10.1. The standard InChI is InChI=1S/C22H21N7O2.ClH/c23-18-11-14(21(30)28-15-6-1-12(2-7-15)19(24)25)5-10-17(18)22(31)29-16-8-3-13(4-9-16)20(26)27;/h1-11H,23H2,(H3,24,25)(H3,26,27)(H,28,30)(H,29,31);1H. The number of halogens is 1. The number of carbonyl (C=O) groups is 2. The summed E-state index contributed by atoms with van der Waals surface area (Å²) in [6.45, 7) is 0. The number of amides is 2. The summed E-state index contributed by atoms with van der Waals surface area (Å²) in [4.78, 5) is 25.0. The SMILES string of the molecule is Cl.N=C(N)c1ccc(NC(=O)c2ccc(C(=O)Nc3ccc(C(=N)N)cc3)c(N)c2)cc1. The first-order valence-electron chi connectivity index (χ1n) is 9.16. The molecule has 164 valence electrons. The van der Waals surface area contributed by atoms with Crippen LogP contribution in [0.1, 0.15) is 31.8 Å². The molecule has 0 saturated carbocycles. The zero-order valence-corrected chi connectivity index (χ0v) is 17.6. The maximum absolute atomic E-state index is 12.5. The minimum atomic E-state index is -0.431. The summed E-state index contributed by atoms with van der Waals surface area (Å²) in [5, 5.41) is 20.2. The Morgan fingerprint density at radius 2 is 1.06 bits per heavy atom.